The number of likely N-dealkylation sites (tertiary alicyclic amines) is 1. The fourth-order valence-corrected chi connectivity index (χ4v) is 4.04. The zero-order valence-electron chi connectivity index (χ0n) is 12.5. The Morgan fingerprint density at radius 2 is 2.20 bits per heavy atom. The van der Waals surface area contributed by atoms with E-state index in [0.29, 0.717) is 17.9 Å². The van der Waals surface area contributed by atoms with Crippen LogP contribution in [0.5, 0.6) is 0 Å². The number of aromatic nitrogens is 2. The summed E-state index contributed by atoms with van der Waals surface area (Å²) in [7, 11) is 0. The van der Waals surface area contributed by atoms with Crippen LogP contribution in [0.15, 0.2) is 4.52 Å². The Bertz CT molecular complexity index is 458. The molecule has 0 amide bonds. The van der Waals surface area contributed by atoms with Crippen molar-refractivity contribution in [2.75, 3.05) is 6.54 Å². The lowest BCUT2D eigenvalue weighted by Crippen LogP contribution is -2.48. The summed E-state index contributed by atoms with van der Waals surface area (Å²) in [5.41, 5.74) is -0.515. The van der Waals surface area contributed by atoms with E-state index in [4.69, 9.17) is 4.52 Å². The second kappa shape index (κ2) is 5.45. The van der Waals surface area contributed by atoms with E-state index in [1.807, 2.05) is 13.8 Å². The number of aryl methyl sites for hydroxylation is 1. The average molecular weight is 279 g/mol. The first-order chi connectivity index (χ1) is 9.56. The van der Waals surface area contributed by atoms with Crippen molar-refractivity contribution in [3.05, 3.63) is 11.7 Å². The SMILES string of the molecule is Cc1nc(CN2CCCC2C2CCCCC2(C)O)no1. The Balaban J connectivity index is 1.71. The fraction of sp³-hybridized carbons (Fsp3) is 0.867. The second-order valence-corrected chi connectivity index (χ2v) is 6.62. The van der Waals surface area contributed by atoms with Crippen molar-refractivity contribution in [3.63, 3.8) is 0 Å². The first-order valence-electron chi connectivity index (χ1n) is 7.82. The van der Waals surface area contributed by atoms with Crippen LogP contribution in [0, 0.1) is 12.8 Å². The Hall–Kier alpha value is -0.940. The van der Waals surface area contributed by atoms with Crippen LogP contribution in [-0.4, -0.2) is 38.3 Å². The maximum atomic E-state index is 10.7. The molecule has 5 heteroatoms. The van der Waals surface area contributed by atoms with E-state index in [0.717, 1.165) is 38.2 Å². The maximum Gasteiger partial charge on any atom is 0.223 e. The van der Waals surface area contributed by atoms with Crippen LogP contribution in [0.4, 0.5) is 0 Å². The van der Waals surface area contributed by atoms with Crippen molar-refractivity contribution in [1.29, 1.82) is 0 Å². The van der Waals surface area contributed by atoms with Crippen LogP contribution in [0.2, 0.25) is 0 Å². The minimum atomic E-state index is -0.515. The normalized spacial score (nSPS) is 35.5. The molecule has 1 saturated carbocycles. The molecule has 1 aromatic rings. The molecule has 3 unspecified atom stereocenters. The third kappa shape index (κ3) is 2.74. The summed E-state index contributed by atoms with van der Waals surface area (Å²) in [6.07, 6.45) is 6.85. The molecule has 2 aliphatic rings. The molecule has 0 radical (unpaired) electrons. The highest BCUT2D eigenvalue weighted by Gasteiger charge is 2.43. The molecule has 0 spiro atoms. The lowest BCUT2D eigenvalue weighted by atomic mass is 9.72. The molecule has 3 atom stereocenters. The molecule has 3 rings (SSSR count). The van der Waals surface area contributed by atoms with Gasteiger partial charge in [0.05, 0.1) is 12.1 Å². The number of nitrogens with zero attached hydrogens (tertiary/aromatic N) is 3. The smallest absolute Gasteiger partial charge is 0.223 e. The topological polar surface area (TPSA) is 62.4 Å². The minimum Gasteiger partial charge on any atom is -0.390 e. The van der Waals surface area contributed by atoms with Crippen LogP contribution >= 0.6 is 0 Å². The highest BCUT2D eigenvalue weighted by molar-refractivity contribution is 4.98. The fourth-order valence-electron chi connectivity index (χ4n) is 4.04. The summed E-state index contributed by atoms with van der Waals surface area (Å²) in [5.74, 6) is 1.78. The van der Waals surface area contributed by atoms with Gasteiger partial charge in [-0.05, 0) is 39.2 Å². The van der Waals surface area contributed by atoms with Gasteiger partial charge in [0, 0.05) is 18.9 Å². The van der Waals surface area contributed by atoms with Crippen molar-refractivity contribution >= 4 is 0 Å². The minimum absolute atomic E-state index is 0.381. The van der Waals surface area contributed by atoms with Crippen molar-refractivity contribution < 1.29 is 9.63 Å². The van der Waals surface area contributed by atoms with Gasteiger partial charge in [-0.15, -0.1) is 0 Å². The first kappa shape index (κ1) is 14.0. The van der Waals surface area contributed by atoms with Crippen LogP contribution in [0.1, 0.15) is 57.2 Å². The zero-order valence-corrected chi connectivity index (χ0v) is 12.5. The second-order valence-electron chi connectivity index (χ2n) is 6.62. The molecule has 1 saturated heterocycles. The molecule has 1 N–H and O–H groups in total. The highest BCUT2D eigenvalue weighted by Crippen LogP contribution is 2.40. The quantitative estimate of drug-likeness (QED) is 0.919. The third-order valence-electron chi connectivity index (χ3n) is 5.04. The molecule has 0 bridgehead atoms. The van der Waals surface area contributed by atoms with Crippen LogP contribution in [-0.2, 0) is 6.54 Å². The maximum absolute atomic E-state index is 10.7. The molecule has 2 fully saturated rings. The van der Waals surface area contributed by atoms with E-state index in [1.54, 1.807) is 0 Å². The van der Waals surface area contributed by atoms with Crippen LogP contribution in [0.25, 0.3) is 0 Å². The van der Waals surface area contributed by atoms with Crippen molar-refractivity contribution in [1.82, 2.24) is 15.0 Å². The molecule has 1 aliphatic carbocycles. The molecule has 20 heavy (non-hydrogen) atoms. The molecular weight excluding hydrogens is 254 g/mol. The predicted octanol–water partition coefficient (Wildman–Crippen LogP) is 2.28. The molecule has 1 aromatic heterocycles. The van der Waals surface area contributed by atoms with E-state index in [1.165, 1.54) is 19.3 Å². The number of hydrogen-bond acceptors (Lipinski definition) is 5. The van der Waals surface area contributed by atoms with Crippen LogP contribution in [0.3, 0.4) is 0 Å². The summed E-state index contributed by atoms with van der Waals surface area (Å²) in [5, 5.41) is 14.7. The average Bonchev–Trinajstić information content (AvgIpc) is 2.99. The predicted molar refractivity (Wildman–Crippen MR) is 75.0 cm³/mol. The third-order valence-corrected chi connectivity index (χ3v) is 5.04. The lowest BCUT2D eigenvalue weighted by Gasteiger charge is -2.43. The monoisotopic (exact) mass is 279 g/mol. The summed E-state index contributed by atoms with van der Waals surface area (Å²) >= 11 is 0. The van der Waals surface area contributed by atoms with Gasteiger partial charge in [0.15, 0.2) is 5.82 Å². The van der Waals surface area contributed by atoms with Gasteiger partial charge in [-0.2, -0.15) is 4.98 Å². The van der Waals surface area contributed by atoms with Gasteiger partial charge >= 0.3 is 0 Å². The largest absolute Gasteiger partial charge is 0.390 e. The summed E-state index contributed by atoms with van der Waals surface area (Å²) in [6.45, 7) is 5.66. The Kier molecular flexibility index (Phi) is 3.82. The summed E-state index contributed by atoms with van der Waals surface area (Å²) < 4.78 is 5.06. The van der Waals surface area contributed by atoms with Gasteiger partial charge in [-0.1, -0.05) is 18.0 Å². The van der Waals surface area contributed by atoms with Gasteiger partial charge in [-0.25, -0.2) is 0 Å². The van der Waals surface area contributed by atoms with Gasteiger partial charge in [0.1, 0.15) is 0 Å². The van der Waals surface area contributed by atoms with E-state index < -0.39 is 5.60 Å². The summed E-state index contributed by atoms with van der Waals surface area (Å²) in [4.78, 5) is 6.75. The zero-order chi connectivity index (χ0) is 14.2. The Morgan fingerprint density at radius 3 is 2.90 bits per heavy atom. The summed E-state index contributed by atoms with van der Waals surface area (Å²) in [6, 6.07) is 0.462. The molecule has 5 nitrogen and oxygen atoms in total. The molecular formula is C15H25N3O2. The van der Waals surface area contributed by atoms with Gasteiger partial charge in [0.25, 0.3) is 0 Å². The Labute approximate surface area is 120 Å². The van der Waals surface area contributed by atoms with Gasteiger partial charge in [0.2, 0.25) is 5.89 Å². The molecule has 1 aliphatic heterocycles. The lowest BCUT2D eigenvalue weighted by molar-refractivity contribution is -0.0631. The van der Waals surface area contributed by atoms with Crippen molar-refractivity contribution in [2.45, 2.75) is 70.6 Å². The standard InChI is InChI=1S/C15H25N3O2/c1-11-16-14(17-20-11)10-18-9-5-7-13(18)12-6-3-4-8-15(12,2)19/h12-13,19H,3-10H2,1-2H3. The molecule has 0 aromatic carbocycles. The van der Waals surface area contributed by atoms with E-state index in [2.05, 4.69) is 15.0 Å². The number of hydrogen-bond donors (Lipinski definition) is 1. The highest BCUT2D eigenvalue weighted by atomic mass is 16.5. The van der Waals surface area contributed by atoms with Crippen LogP contribution < -0.4 is 0 Å². The van der Waals surface area contributed by atoms with E-state index in [9.17, 15) is 5.11 Å². The molecule has 2 heterocycles. The number of aliphatic hydroxyl groups is 1. The molecule has 112 valence electrons. The van der Waals surface area contributed by atoms with E-state index >= 15 is 0 Å². The van der Waals surface area contributed by atoms with Crippen molar-refractivity contribution in [2.24, 2.45) is 5.92 Å². The number of rotatable bonds is 3. The first-order valence-corrected chi connectivity index (χ1v) is 7.82. The van der Waals surface area contributed by atoms with Gasteiger partial charge in [-0.3, -0.25) is 4.90 Å². The van der Waals surface area contributed by atoms with Crippen molar-refractivity contribution in [3.8, 4) is 0 Å². The van der Waals surface area contributed by atoms with Gasteiger partial charge < -0.3 is 9.63 Å². The Morgan fingerprint density at radius 1 is 1.35 bits per heavy atom. The van der Waals surface area contributed by atoms with E-state index in [-0.39, 0.29) is 0 Å².